The third kappa shape index (κ3) is 1.89. The zero-order valence-electron chi connectivity index (χ0n) is 10.8. The molecule has 0 radical (unpaired) electrons. The summed E-state index contributed by atoms with van der Waals surface area (Å²) in [4.78, 5) is 0. The molecule has 1 aromatic rings. The lowest BCUT2D eigenvalue weighted by Gasteiger charge is -2.26. The molecule has 0 atom stereocenters. The molecule has 3 rings (SSSR count). The van der Waals surface area contributed by atoms with Crippen molar-refractivity contribution in [2.75, 3.05) is 6.54 Å². The van der Waals surface area contributed by atoms with Crippen LogP contribution in [-0.4, -0.2) is 6.54 Å². The van der Waals surface area contributed by atoms with Crippen molar-refractivity contribution >= 4 is 0 Å². The fourth-order valence-electron chi connectivity index (χ4n) is 2.66. The fourth-order valence-corrected chi connectivity index (χ4v) is 2.66. The van der Waals surface area contributed by atoms with Crippen molar-refractivity contribution in [1.29, 1.82) is 0 Å². The highest BCUT2D eigenvalue weighted by atomic mass is 14.9. The SMILES string of the molecule is CC.CCc1ccc2c(c1)CNCC21CC1. The molecule has 0 saturated heterocycles. The molecule has 1 nitrogen and oxygen atoms in total. The first-order valence-corrected chi connectivity index (χ1v) is 6.67. The highest BCUT2D eigenvalue weighted by Crippen LogP contribution is 2.50. The standard InChI is InChI=1S/C13H17N.C2H6/c1-2-10-3-4-12-11(7-10)8-14-9-13(12)5-6-13;1-2/h3-4,7,14H,2,5-6,8-9H2,1H3;1-2H3. The van der Waals surface area contributed by atoms with Crippen LogP contribution in [0.25, 0.3) is 0 Å². The van der Waals surface area contributed by atoms with Crippen LogP contribution in [0.1, 0.15) is 50.3 Å². The minimum atomic E-state index is 0.542. The Kier molecular flexibility index (Phi) is 3.34. The second kappa shape index (κ2) is 4.58. The van der Waals surface area contributed by atoms with Gasteiger partial charge in [0, 0.05) is 18.5 Å². The van der Waals surface area contributed by atoms with Crippen molar-refractivity contribution in [2.45, 2.75) is 52.0 Å². The maximum atomic E-state index is 3.55. The van der Waals surface area contributed by atoms with E-state index < -0.39 is 0 Å². The zero-order valence-corrected chi connectivity index (χ0v) is 10.8. The summed E-state index contributed by atoms with van der Waals surface area (Å²) in [6.45, 7) is 8.50. The summed E-state index contributed by atoms with van der Waals surface area (Å²) in [6, 6.07) is 7.08. The predicted octanol–water partition coefficient (Wildman–Crippen LogP) is 3.41. The molecule has 1 aliphatic heterocycles. The molecule has 1 fully saturated rings. The normalized spacial score (nSPS) is 19.7. The molecule has 1 saturated carbocycles. The first-order chi connectivity index (χ1) is 7.84. The van der Waals surface area contributed by atoms with Gasteiger partial charge in [-0.1, -0.05) is 39.0 Å². The van der Waals surface area contributed by atoms with E-state index in [4.69, 9.17) is 0 Å². The third-order valence-electron chi connectivity index (χ3n) is 3.78. The van der Waals surface area contributed by atoms with Crippen molar-refractivity contribution < 1.29 is 0 Å². The Labute approximate surface area is 99.3 Å². The van der Waals surface area contributed by atoms with Gasteiger partial charge < -0.3 is 5.32 Å². The second-order valence-corrected chi connectivity index (χ2v) is 4.73. The van der Waals surface area contributed by atoms with E-state index >= 15 is 0 Å². The molecule has 1 heteroatoms. The molecule has 1 spiro atoms. The molecule has 0 aromatic heterocycles. The van der Waals surface area contributed by atoms with E-state index in [2.05, 4.69) is 30.4 Å². The van der Waals surface area contributed by atoms with Crippen LogP contribution in [0, 0.1) is 0 Å². The number of rotatable bonds is 1. The average molecular weight is 217 g/mol. The monoisotopic (exact) mass is 217 g/mol. The molecular formula is C15H23N. The quantitative estimate of drug-likeness (QED) is 0.760. The van der Waals surface area contributed by atoms with Gasteiger partial charge in [0.1, 0.15) is 0 Å². The van der Waals surface area contributed by atoms with E-state index in [1.54, 1.807) is 11.1 Å². The van der Waals surface area contributed by atoms with E-state index in [-0.39, 0.29) is 0 Å². The van der Waals surface area contributed by atoms with Crippen molar-refractivity contribution in [2.24, 2.45) is 0 Å². The topological polar surface area (TPSA) is 12.0 Å². The summed E-state index contributed by atoms with van der Waals surface area (Å²) in [5.41, 5.74) is 5.20. The average Bonchev–Trinajstić information content (AvgIpc) is 3.12. The van der Waals surface area contributed by atoms with Crippen LogP contribution < -0.4 is 5.32 Å². The van der Waals surface area contributed by atoms with Gasteiger partial charge in [-0.2, -0.15) is 0 Å². The van der Waals surface area contributed by atoms with Crippen LogP contribution in [0.4, 0.5) is 0 Å². The number of nitrogens with one attached hydrogen (secondary N) is 1. The number of aryl methyl sites for hydroxylation is 1. The van der Waals surface area contributed by atoms with E-state index in [9.17, 15) is 0 Å². The van der Waals surface area contributed by atoms with Gasteiger partial charge in [-0.25, -0.2) is 0 Å². The Balaban J connectivity index is 0.000000457. The molecule has 1 N–H and O–H groups in total. The molecule has 0 amide bonds. The molecule has 0 bridgehead atoms. The first-order valence-electron chi connectivity index (χ1n) is 6.67. The number of fused-ring (bicyclic) bond motifs is 2. The van der Waals surface area contributed by atoms with Crippen LogP contribution >= 0.6 is 0 Å². The molecule has 1 aromatic carbocycles. The first kappa shape index (κ1) is 11.7. The van der Waals surface area contributed by atoms with Crippen LogP contribution in [0.2, 0.25) is 0 Å². The van der Waals surface area contributed by atoms with Gasteiger partial charge in [0.2, 0.25) is 0 Å². The van der Waals surface area contributed by atoms with Gasteiger partial charge in [-0.05, 0) is 36.0 Å². The molecule has 16 heavy (non-hydrogen) atoms. The van der Waals surface area contributed by atoms with Gasteiger partial charge >= 0.3 is 0 Å². The molecule has 88 valence electrons. The predicted molar refractivity (Wildman–Crippen MR) is 69.8 cm³/mol. The van der Waals surface area contributed by atoms with Crippen molar-refractivity contribution in [3.63, 3.8) is 0 Å². The molecular weight excluding hydrogens is 194 g/mol. The lowest BCUT2D eigenvalue weighted by atomic mass is 9.87. The molecule has 0 unspecified atom stereocenters. The Bertz CT molecular complexity index is 364. The minimum absolute atomic E-state index is 0.542. The van der Waals surface area contributed by atoms with Crippen molar-refractivity contribution in [3.05, 3.63) is 34.9 Å². The zero-order chi connectivity index (χ0) is 11.6. The Morgan fingerprint density at radius 2 is 2.00 bits per heavy atom. The number of hydrogen-bond donors (Lipinski definition) is 1. The van der Waals surface area contributed by atoms with Gasteiger partial charge in [-0.15, -0.1) is 0 Å². The summed E-state index contributed by atoms with van der Waals surface area (Å²) in [6.07, 6.45) is 3.93. The van der Waals surface area contributed by atoms with Crippen LogP contribution in [0.5, 0.6) is 0 Å². The third-order valence-corrected chi connectivity index (χ3v) is 3.78. The highest BCUT2D eigenvalue weighted by Gasteiger charge is 2.46. The van der Waals surface area contributed by atoms with Gasteiger partial charge in [0.05, 0.1) is 0 Å². The lowest BCUT2D eigenvalue weighted by molar-refractivity contribution is 0.530. The highest BCUT2D eigenvalue weighted by molar-refractivity contribution is 5.43. The fraction of sp³-hybridized carbons (Fsp3) is 0.600. The van der Waals surface area contributed by atoms with Gasteiger partial charge in [0.15, 0.2) is 0 Å². The molecule has 1 aliphatic carbocycles. The smallest absolute Gasteiger partial charge is 0.0208 e. The summed E-state index contributed by atoms with van der Waals surface area (Å²) in [5, 5.41) is 3.55. The summed E-state index contributed by atoms with van der Waals surface area (Å²) >= 11 is 0. The van der Waals surface area contributed by atoms with Crippen LogP contribution in [0.3, 0.4) is 0 Å². The Morgan fingerprint density at radius 3 is 2.62 bits per heavy atom. The number of hydrogen-bond acceptors (Lipinski definition) is 1. The summed E-state index contributed by atoms with van der Waals surface area (Å²) in [7, 11) is 0. The second-order valence-electron chi connectivity index (χ2n) is 4.73. The van der Waals surface area contributed by atoms with E-state index in [0.717, 1.165) is 13.0 Å². The van der Waals surface area contributed by atoms with Gasteiger partial charge in [0.25, 0.3) is 0 Å². The maximum absolute atomic E-state index is 3.55. The summed E-state index contributed by atoms with van der Waals surface area (Å²) < 4.78 is 0. The number of benzene rings is 1. The van der Waals surface area contributed by atoms with E-state index in [0.29, 0.717) is 5.41 Å². The largest absolute Gasteiger partial charge is 0.312 e. The molecule has 2 aliphatic rings. The minimum Gasteiger partial charge on any atom is -0.312 e. The van der Waals surface area contributed by atoms with Crippen LogP contribution in [-0.2, 0) is 18.4 Å². The van der Waals surface area contributed by atoms with E-state index in [1.807, 2.05) is 13.8 Å². The Hall–Kier alpha value is -0.820. The van der Waals surface area contributed by atoms with Gasteiger partial charge in [-0.3, -0.25) is 0 Å². The van der Waals surface area contributed by atoms with Crippen molar-refractivity contribution in [3.8, 4) is 0 Å². The summed E-state index contributed by atoms with van der Waals surface area (Å²) in [5.74, 6) is 0. The maximum Gasteiger partial charge on any atom is 0.0208 e. The van der Waals surface area contributed by atoms with Crippen molar-refractivity contribution in [1.82, 2.24) is 5.32 Å². The Morgan fingerprint density at radius 1 is 1.25 bits per heavy atom. The van der Waals surface area contributed by atoms with E-state index in [1.165, 1.54) is 24.9 Å². The lowest BCUT2D eigenvalue weighted by Crippen LogP contribution is -2.33. The van der Waals surface area contributed by atoms with Crippen LogP contribution in [0.15, 0.2) is 18.2 Å². The molecule has 1 heterocycles.